The van der Waals surface area contributed by atoms with E-state index in [9.17, 15) is 0 Å². The lowest BCUT2D eigenvalue weighted by Crippen LogP contribution is -2.47. The number of rotatable bonds is 4. The quantitative estimate of drug-likeness (QED) is 0.576. The van der Waals surface area contributed by atoms with Gasteiger partial charge in [-0.2, -0.15) is 0 Å². The third-order valence-corrected chi connectivity index (χ3v) is 3.76. The second-order valence-corrected chi connectivity index (χ2v) is 5.98. The maximum atomic E-state index is 5.09. The average molecular weight is 286 g/mol. The van der Waals surface area contributed by atoms with Crippen LogP contribution in [-0.2, 0) is 22.4 Å². The maximum Gasteiger partial charge on any atom is 0.749 e. The predicted molar refractivity (Wildman–Crippen MR) is 71.4 cm³/mol. The smallest absolute Gasteiger partial charge is 0.491 e. The van der Waals surface area contributed by atoms with E-state index in [2.05, 4.69) is 17.0 Å². The second kappa shape index (κ2) is 10.1. The Hall–Kier alpha value is -0.123. The van der Waals surface area contributed by atoms with Crippen LogP contribution in [-0.4, -0.2) is 47.6 Å². The molecule has 0 saturated heterocycles. The molecule has 16 heavy (non-hydrogen) atoms. The molecule has 0 aliphatic heterocycles. The van der Waals surface area contributed by atoms with Crippen LogP contribution in [0.2, 0.25) is 0 Å². The summed E-state index contributed by atoms with van der Waals surface area (Å²) in [5, 5.41) is 0.937. The molecule has 0 aliphatic rings. The minimum atomic E-state index is -2.92. The molecule has 0 unspecified atom stereocenters. The van der Waals surface area contributed by atoms with Crippen LogP contribution in [0, 0.1) is 0 Å². The van der Waals surface area contributed by atoms with E-state index in [0.29, 0.717) is 10.1 Å². The fourth-order valence-corrected chi connectivity index (χ4v) is 1.96. The lowest BCUT2D eigenvalue weighted by atomic mass is 10.9. The SMILES string of the molecule is COC(C)=S.CO[Si](OC)(OC)OC(C)=S. The first-order valence-electron chi connectivity index (χ1n) is 4.27. The Labute approximate surface area is 108 Å². The molecular weight excluding hydrogens is 268 g/mol. The Kier molecular flexibility index (Phi) is 11.5. The van der Waals surface area contributed by atoms with E-state index in [1.54, 1.807) is 21.0 Å². The number of hydrogen-bond donors (Lipinski definition) is 0. The van der Waals surface area contributed by atoms with Crippen molar-refractivity contribution in [1.29, 1.82) is 0 Å². The van der Waals surface area contributed by atoms with Gasteiger partial charge in [-0.15, -0.1) is 0 Å². The number of thiocarbonyl (C=S) groups is 2. The summed E-state index contributed by atoms with van der Waals surface area (Å²) in [5.74, 6) is 0. The topological polar surface area (TPSA) is 46.2 Å². The predicted octanol–water partition coefficient (Wildman–Crippen LogP) is 1.71. The van der Waals surface area contributed by atoms with Crippen LogP contribution < -0.4 is 0 Å². The molecule has 0 heterocycles. The van der Waals surface area contributed by atoms with Gasteiger partial charge in [0, 0.05) is 35.2 Å². The molecule has 5 nitrogen and oxygen atoms in total. The monoisotopic (exact) mass is 286 g/mol. The Balaban J connectivity index is 0. The van der Waals surface area contributed by atoms with E-state index in [4.69, 9.17) is 29.9 Å². The molecule has 96 valence electrons. The minimum absolute atomic E-state index is 0.349. The van der Waals surface area contributed by atoms with Crippen molar-refractivity contribution in [1.82, 2.24) is 0 Å². The van der Waals surface area contributed by atoms with Crippen molar-refractivity contribution in [2.24, 2.45) is 0 Å². The van der Waals surface area contributed by atoms with Gasteiger partial charge in [-0.1, -0.05) is 0 Å². The highest BCUT2D eigenvalue weighted by Crippen LogP contribution is 2.08. The molecule has 0 bridgehead atoms. The Morgan fingerprint density at radius 3 is 1.19 bits per heavy atom. The van der Waals surface area contributed by atoms with Crippen molar-refractivity contribution < 1.29 is 22.4 Å². The fourth-order valence-electron chi connectivity index (χ4n) is 0.551. The van der Waals surface area contributed by atoms with Crippen molar-refractivity contribution in [2.75, 3.05) is 28.4 Å². The van der Waals surface area contributed by atoms with E-state index in [0.717, 1.165) is 0 Å². The van der Waals surface area contributed by atoms with Crippen LogP contribution in [0.15, 0.2) is 0 Å². The zero-order chi connectivity index (χ0) is 13.2. The van der Waals surface area contributed by atoms with Crippen molar-refractivity contribution in [2.45, 2.75) is 13.8 Å². The number of methoxy groups -OCH3 is 1. The summed E-state index contributed by atoms with van der Waals surface area (Å²) in [6, 6.07) is 0. The van der Waals surface area contributed by atoms with Gasteiger partial charge in [-0.05, 0) is 24.4 Å². The fraction of sp³-hybridized carbons (Fsp3) is 0.750. The van der Waals surface area contributed by atoms with E-state index in [1.807, 2.05) is 0 Å². The largest absolute Gasteiger partial charge is 0.749 e. The van der Waals surface area contributed by atoms with Gasteiger partial charge in [0.1, 0.15) is 5.05 Å². The summed E-state index contributed by atoms with van der Waals surface area (Å²) >= 11 is 9.19. The summed E-state index contributed by atoms with van der Waals surface area (Å²) in [6.07, 6.45) is 0. The van der Waals surface area contributed by atoms with Crippen molar-refractivity contribution in [3.8, 4) is 0 Å². The lowest BCUT2D eigenvalue weighted by Gasteiger charge is -2.22. The lowest BCUT2D eigenvalue weighted by molar-refractivity contribution is 0.0477. The van der Waals surface area contributed by atoms with Gasteiger partial charge in [0.05, 0.1) is 7.11 Å². The van der Waals surface area contributed by atoms with Crippen LogP contribution in [0.1, 0.15) is 13.8 Å². The van der Waals surface area contributed by atoms with E-state index >= 15 is 0 Å². The molecule has 0 spiro atoms. The highest BCUT2D eigenvalue weighted by atomic mass is 32.1. The molecule has 0 saturated carbocycles. The van der Waals surface area contributed by atoms with E-state index in [-0.39, 0.29) is 0 Å². The highest BCUT2D eigenvalue weighted by molar-refractivity contribution is 7.80. The third kappa shape index (κ3) is 9.13. The molecule has 0 radical (unpaired) electrons. The minimum Gasteiger partial charge on any atom is -0.491 e. The molecule has 0 N–H and O–H groups in total. The first-order valence-corrected chi connectivity index (χ1v) is 6.72. The molecule has 0 rings (SSSR count). The molecule has 0 aromatic heterocycles. The molecule has 0 aliphatic carbocycles. The van der Waals surface area contributed by atoms with Crippen molar-refractivity contribution in [3.63, 3.8) is 0 Å². The Morgan fingerprint density at radius 1 is 0.812 bits per heavy atom. The van der Waals surface area contributed by atoms with Gasteiger partial charge in [0.15, 0.2) is 5.05 Å². The molecule has 0 atom stereocenters. The summed E-state index contributed by atoms with van der Waals surface area (Å²) in [4.78, 5) is 0. The summed E-state index contributed by atoms with van der Waals surface area (Å²) in [7, 11) is 3.00. The molecule has 0 aromatic rings. The molecule has 0 fully saturated rings. The normalized spacial score (nSPS) is 9.88. The standard InChI is InChI=1S/C5H12O4SSi.C3H6OS/c1-5(10)9-11(6-2,7-3)8-4;1-3(5)4-2/h1-4H3;1-2H3. The van der Waals surface area contributed by atoms with Crippen LogP contribution in [0.25, 0.3) is 0 Å². The first-order chi connectivity index (χ1) is 7.37. The highest BCUT2D eigenvalue weighted by Gasteiger charge is 2.45. The van der Waals surface area contributed by atoms with Crippen LogP contribution in [0.5, 0.6) is 0 Å². The molecule has 8 heteroatoms. The number of ether oxygens (including phenoxy) is 1. The van der Waals surface area contributed by atoms with Gasteiger partial charge in [0.25, 0.3) is 0 Å². The van der Waals surface area contributed by atoms with E-state index < -0.39 is 9.05 Å². The third-order valence-electron chi connectivity index (χ3n) is 1.31. The Bertz CT molecular complexity index is 212. The van der Waals surface area contributed by atoms with Crippen LogP contribution >= 0.6 is 24.4 Å². The summed E-state index contributed by atoms with van der Waals surface area (Å²) in [6.45, 7) is 3.36. The van der Waals surface area contributed by atoms with Crippen molar-refractivity contribution >= 4 is 43.6 Å². The average Bonchev–Trinajstić information content (AvgIpc) is 2.26. The first kappa shape index (κ1) is 18.2. The zero-order valence-corrected chi connectivity index (χ0v) is 13.0. The molecule has 0 aromatic carbocycles. The van der Waals surface area contributed by atoms with Crippen LogP contribution in [0.3, 0.4) is 0 Å². The van der Waals surface area contributed by atoms with Gasteiger partial charge in [0.2, 0.25) is 0 Å². The van der Waals surface area contributed by atoms with Crippen molar-refractivity contribution in [3.05, 3.63) is 0 Å². The zero-order valence-electron chi connectivity index (χ0n) is 10.4. The van der Waals surface area contributed by atoms with Gasteiger partial charge >= 0.3 is 9.05 Å². The summed E-state index contributed by atoms with van der Waals surface area (Å²) < 4.78 is 24.4. The second-order valence-electron chi connectivity index (χ2n) is 2.40. The van der Waals surface area contributed by atoms with Crippen LogP contribution in [0.4, 0.5) is 0 Å². The number of hydrogen-bond acceptors (Lipinski definition) is 7. The summed E-state index contributed by atoms with van der Waals surface area (Å²) in [5.41, 5.74) is 0. The Morgan fingerprint density at radius 2 is 1.12 bits per heavy atom. The maximum absolute atomic E-state index is 5.09. The molecular formula is C8H18O5S2Si. The van der Waals surface area contributed by atoms with Gasteiger partial charge in [-0.3, -0.25) is 0 Å². The van der Waals surface area contributed by atoms with Gasteiger partial charge < -0.3 is 22.4 Å². The van der Waals surface area contributed by atoms with E-state index in [1.165, 1.54) is 21.3 Å². The molecule has 0 amide bonds. The van der Waals surface area contributed by atoms with Gasteiger partial charge in [-0.25, -0.2) is 0 Å².